The molecule has 0 aliphatic carbocycles. The minimum Gasteiger partial charge on any atom is -0.497 e. The Labute approximate surface area is 151 Å². The maximum absolute atomic E-state index is 12.3. The van der Waals surface area contributed by atoms with Crippen LogP contribution in [0.25, 0.3) is 11.3 Å². The Morgan fingerprint density at radius 1 is 1.16 bits per heavy atom. The lowest BCUT2D eigenvalue weighted by molar-refractivity contribution is -0.116. The van der Waals surface area contributed by atoms with Gasteiger partial charge in [0.15, 0.2) is 5.13 Å². The minimum absolute atomic E-state index is 0.0213. The second kappa shape index (κ2) is 7.94. The van der Waals surface area contributed by atoms with Gasteiger partial charge in [-0.15, -0.1) is 11.3 Å². The number of thiazole rings is 1. The highest BCUT2D eigenvalue weighted by Gasteiger charge is 2.13. The lowest BCUT2D eigenvalue weighted by Gasteiger charge is -2.10. The van der Waals surface area contributed by atoms with Crippen LogP contribution in [0.4, 0.5) is 5.13 Å². The molecule has 3 rings (SSSR count). The van der Waals surface area contributed by atoms with Crippen molar-refractivity contribution in [2.24, 2.45) is 0 Å². The Balaban J connectivity index is 1.61. The topological polar surface area (TPSA) is 51.2 Å². The molecule has 4 nitrogen and oxygen atoms in total. The van der Waals surface area contributed by atoms with Gasteiger partial charge in [0.25, 0.3) is 0 Å². The van der Waals surface area contributed by atoms with Gasteiger partial charge < -0.3 is 10.1 Å². The van der Waals surface area contributed by atoms with Gasteiger partial charge in [0.1, 0.15) is 5.75 Å². The van der Waals surface area contributed by atoms with Gasteiger partial charge >= 0.3 is 0 Å². The van der Waals surface area contributed by atoms with E-state index in [2.05, 4.69) is 17.2 Å². The van der Waals surface area contributed by atoms with E-state index < -0.39 is 0 Å². The van der Waals surface area contributed by atoms with Crippen LogP contribution in [0.2, 0.25) is 0 Å². The summed E-state index contributed by atoms with van der Waals surface area (Å²) in [5, 5.41) is 5.46. The first kappa shape index (κ1) is 17.2. The molecule has 0 saturated carbocycles. The van der Waals surface area contributed by atoms with Crippen molar-refractivity contribution in [2.75, 3.05) is 12.4 Å². The predicted octanol–water partition coefficient (Wildman–Crippen LogP) is 4.95. The highest BCUT2D eigenvalue weighted by atomic mass is 32.1. The van der Waals surface area contributed by atoms with Gasteiger partial charge in [-0.3, -0.25) is 4.79 Å². The number of hydrogen-bond donors (Lipinski definition) is 1. The molecule has 0 bridgehead atoms. The van der Waals surface area contributed by atoms with E-state index in [4.69, 9.17) is 4.74 Å². The molecule has 0 aliphatic heterocycles. The maximum Gasteiger partial charge on any atom is 0.226 e. The van der Waals surface area contributed by atoms with Crippen LogP contribution >= 0.6 is 11.3 Å². The van der Waals surface area contributed by atoms with Gasteiger partial charge in [-0.05, 0) is 35.7 Å². The van der Waals surface area contributed by atoms with E-state index in [1.54, 1.807) is 7.11 Å². The van der Waals surface area contributed by atoms with Crippen LogP contribution in [0.5, 0.6) is 5.75 Å². The number of anilines is 1. The summed E-state index contributed by atoms with van der Waals surface area (Å²) in [6.07, 6.45) is 0.432. The normalized spacial score (nSPS) is 11.8. The number of rotatable bonds is 6. The summed E-state index contributed by atoms with van der Waals surface area (Å²) in [7, 11) is 1.64. The van der Waals surface area contributed by atoms with E-state index in [-0.39, 0.29) is 11.8 Å². The van der Waals surface area contributed by atoms with Crippen molar-refractivity contribution < 1.29 is 9.53 Å². The van der Waals surface area contributed by atoms with Gasteiger partial charge in [-0.1, -0.05) is 37.3 Å². The molecule has 1 aromatic heterocycles. The Hall–Kier alpha value is -2.66. The smallest absolute Gasteiger partial charge is 0.226 e. The largest absolute Gasteiger partial charge is 0.497 e. The van der Waals surface area contributed by atoms with Crippen molar-refractivity contribution in [1.29, 1.82) is 0 Å². The van der Waals surface area contributed by atoms with Crippen molar-refractivity contribution >= 4 is 22.4 Å². The number of hydrogen-bond acceptors (Lipinski definition) is 4. The first-order valence-electron chi connectivity index (χ1n) is 8.10. The Bertz CT molecular complexity index is 828. The van der Waals surface area contributed by atoms with Crippen LogP contribution in [-0.2, 0) is 4.79 Å². The molecular weight excluding hydrogens is 332 g/mol. The first-order valence-corrected chi connectivity index (χ1v) is 8.98. The highest BCUT2D eigenvalue weighted by Crippen LogP contribution is 2.27. The standard InChI is InChI=1S/C20H20N2O2S/c1-14(15-6-4-3-5-7-15)12-19(23)22-20-21-18(13-25-20)16-8-10-17(24-2)11-9-16/h3-11,13-14H,12H2,1-2H3,(H,21,22,23). The highest BCUT2D eigenvalue weighted by molar-refractivity contribution is 7.14. The van der Waals surface area contributed by atoms with E-state index in [1.807, 2.05) is 60.0 Å². The molecule has 1 heterocycles. The monoisotopic (exact) mass is 352 g/mol. The van der Waals surface area contributed by atoms with Crippen LogP contribution in [0.1, 0.15) is 24.8 Å². The number of ether oxygens (including phenoxy) is 1. The molecule has 0 fully saturated rings. The predicted molar refractivity (Wildman–Crippen MR) is 102 cm³/mol. The number of carbonyl (C=O) groups is 1. The Kier molecular flexibility index (Phi) is 5.46. The molecule has 1 unspecified atom stereocenters. The van der Waals surface area contributed by atoms with Gasteiger partial charge in [0, 0.05) is 17.4 Å². The molecular formula is C20H20N2O2S. The summed E-state index contributed by atoms with van der Waals surface area (Å²) in [4.78, 5) is 16.8. The van der Waals surface area contributed by atoms with Gasteiger partial charge in [0.2, 0.25) is 5.91 Å². The molecule has 25 heavy (non-hydrogen) atoms. The summed E-state index contributed by atoms with van der Waals surface area (Å²) >= 11 is 1.43. The summed E-state index contributed by atoms with van der Waals surface area (Å²) in [5.41, 5.74) is 3.00. The number of benzene rings is 2. The third-order valence-corrected chi connectivity index (χ3v) is 4.75. The number of nitrogens with one attached hydrogen (secondary N) is 1. The van der Waals surface area contributed by atoms with Crippen LogP contribution in [0, 0.1) is 0 Å². The molecule has 1 amide bonds. The lowest BCUT2D eigenvalue weighted by Crippen LogP contribution is -2.14. The summed E-state index contributed by atoms with van der Waals surface area (Å²) < 4.78 is 5.16. The second-order valence-corrected chi connectivity index (χ2v) is 6.69. The quantitative estimate of drug-likeness (QED) is 0.683. The van der Waals surface area contributed by atoms with Crippen molar-refractivity contribution in [1.82, 2.24) is 4.98 Å². The molecule has 2 aromatic carbocycles. The van der Waals surface area contributed by atoms with E-state index in [0.717, 1.165) is 22.6 Å². The second-order valence-electron chi connectivity index (χ2n) is 5.83. The van der Waals surface area contributed by atoms with Crippen molar-refractivity contribution in [3.63, 3.8) is 0 Å². The molecule has 128 valence electrons. The third kappa shape index (κ3) is 4.45. The van der Waals surface area contributed by atoms with Crippen LogP contribution < -0.4 is 10.1 Å². The summed E-state index contributed by atoms with van der Waals surface area (Å²) in [6, 6.07) is 17.8. The van der Waals surface area contributed by atoms with Crippen LogP contribution in [0.3, 0.4) is 0 Å². The van der Waals surface area contributed by atoms with Crippen LogP contribution in [0.15, 0.2) is 60.0 Å². The summed E-state index contributed by atoms with van der Waals surface area (Å²) in [6.45, 7) is 2.06. The van der Waals surface area contributed by atoms with E-state index in [1.165, 1.54) is 11.3 Å². The van der Waals surface area contributed by atoms with Gasteiger partial charge in [-0.2, -0.15) is 0 Å². The number of methoxy groups -OCH3 is 1. The average Bonchev–Trinajstić information content (AvgIpc) is 3.10. The summed E-state index contributed by atoms with van der Waals surface area (Å²) in [5.74, 6) is 0.955. The lowest BCUT2D eigenvalue weighted by atomic mass is 9.98. The van der Waals surface area contributed by atoms with E-state index in [0.29, 0.717) is 11.6 Å². The van der Waals surface area contributed by atoms with Crippen LogP contribution in [-0.4, -0.2) is 18.0 Å². The fourth-order valence-electron chi connectivity index (χ4n) is 2.57. The zero-order valence-electron chi connectivity index (χ0n) is 14.2. The fourth-order valence-corrected chi connectivity index (χ4v) is 3.31. The zero-order chi connectivity index (χ0) is 17.6. The van der Waals surface area contributed by atoms with Crippen molar-refractivity contribution in [2.45, 2.75) is 19.3 Å². The molecule has 3 aromatic rings. The number of aromatic nitrogens is 1. The fraction of sp³-hybridized carbons (Fsp3) is 0.200. The minimum atomic E-state index is -0.0213. The van der Waals surface area contributed by atoms with Crippen molar-refractivity contribution in [3.05, 3.63) is 65.5 Å². The first-order chi connectivity index (χ1) is 12.2. The molecule has 0 aliphatic rings. The molecule has 5 heteroatoms. The number of amides is 1. The maximum atomic E-state index is 12.3. The number of nitrogens with zero attached hydrogens (tertiary/aromatic N) is 1. The third-order valence-electron chi connectivity index (χ3n) is 4.00. The van der Waals surface area contributed by atoms with Gasteiger partial charge in [0.05, 0.1) is 12.8 Å². The number of carbonyl (C=O) groups excluding carboxylic acids is 1. The molecule has 0 radical (unpaired) electrons. The molecule has 0 spiro atoms. The van der Waals surface area contributed by atoms with Gasteiger partial charge in [-0.25, -0.2) is 4.98 Å². The van der Waals surface area contributed by atoms with E-state index >= 15 is 0 Å². The Morgan fingerprint density at radius 3 is 2.56 bits per heavy atom. The molecule has 1 N–H and O–H groups in total. The molecule has 1 atom stereocenters. The SMILES string of the molecule is COc1ccc(-c2csc(NC(=O)CC(C)c3ccccc3)n2)cc1. The zero-order valence-corrected chi connectivity index (χ0v) is 15.0. The molecule has 0 saturated heterocycles. The van der Waals surface area contributed by atoms with E-state index in [9.17, 15) is 4.79 Å². The Morgan fingerprint density at radius 2 is 1.88 bits per heavy atom. The van der Waals surface area contributed by atoms with Crippen molar-refractivity contribution in [3.8, 4) is 17.0 Å². The average molecular weight is 352 g/mol.